The van der Waals surface area contributed by atoms with E-state index in [2.05, 4.69) is 25.8 Å². The molecule has 4 heteroatoms. The molecule has 1 aliphatic carbocycles. The maximum Gasteiger partial charge on any atom is 0.0777 e. The number of benzene rings is 1. The summed E-state index contributed by atoms with van der Waals surface area (Å²) in [6, 6.07) is 3.70. The van der Waals surface area contributed by atoms with Gasteiger partial charge in [0.2, 0.25) is 0 Å². The van der Waals surface area contributed by atoms with Crippen LogP contribution in [0.2, 0.25) is 10.0 Å². The average Bonchev–Trinajstić information content (AvgIpc) is 2.63. The second-order valence-corrected chi connectivity index (χ2v) is 6.68. The minimum Gasteiger partial charge on any atom is -0.391 e. The van der Waals surface area contributed by atoms with Crippen LogP contribution >= 0.6 is 23.2 Å². The Bertz CT molecular complexity index is 462. The number of hydrogen-bond donors (Lipinski definition) is 1. The summed E-state index contributed by atoms with van der Waals surface area (Å²) < 4.78 is 0. The Hall–Kier alpha value is -0.280. The van der Waals surface area contributed by atoms with Crippen LogP contribution in [-0.4, -0.2) is 29.7 Å². The molecule has 0 amide bonds. The summed E-state index contributed by atoms with van der Waals surface area (Å²) in [7, 11) is 2.06. The Labute approximate surface area is 125 Å². The van der Waals surface area contributed by atoms with E-state index in [0.717, 1.165) is 24.1 Å². The van der Waals surface area contributed by atoms with Crippen LogP contribution in [0.1, 0.15) is 37.4 Å². The summed E-state index contributed by atoms with van der Waals surface area (Å²) in [5.41, 5.74) is 2.12. The number of aliphatic hydroxyl groups is 1. The first kappa shape index (κ1) is 15.1. The molecule has 0 bridgehead atoms. The van der Waals surface area contributed by atoms with Gasteiger partial charge in [0.15, 0.2) is 0 Å². The molecular formula is C15H21Cl2NO. The molecule has 2 unspecified atom stereocenters. The fourth-order valence-electron chi connectivity index (χ4n) is 2.76. The number of aliphatic hydroxyl groups excluding tert-OH is 1. The zero-order valence-electron chi connectivity index (χ0n) is 11.7. The first-order valence-corrected chi connectivity index (χ1v) is 7.52. The number of hydrogen-bond acceptors (Lipinski definition) is 2. The monoisotopic (exact) mass is 301 g/mol. The number of rotatable bonds is 4. The third-order valence-electron chi connectivity index (χ3n) is 3.83. The van der Waals surface area contributed by atoms with Crippen molar-refractivity contribution in [2.24, 2.45) is 5.92 Å². The van der Waals surface area contributed by atoms with Gasteiger partial charge in [0.05, 0.1) is 12.1 Å². The van der Waals surface area contributed by atoms with Crippen LogP contribution in [0, 0.1) is 5.92 Å². The van der Waals surface area contributed by atoms with Gasteiger partial charge in [-0.25, -0.2) is 0 Å². The minimum atomic E-state index is -0.400. The largest absolute Gasteiger partial charge is 0.391 e. The molecule has 2 nitrogen and oxygen atoms in total. The van der Waals surface area contributed by atoms with Crippen molar-refractivity contribution in [3.63, 3.8) is 0 Å². The first-order chi connectivity index (χ1) is 8.90. The number of fused-ring (bicyclic) bond motifs is 1. The van der Waals surface area contributed by atoms with Crippen LogP contribution < -0.4 is 0 Å². The van der Waals surface area contributed by atoms with Gasteiger partial charge in [0.1, 0.15) is 0 Å². The second-order valence-electron chi connectivity index (χ2n) is 5.83. The second kappa shape index (κ2) is 6.01. The van der Waals surface area contributed by atoms with E-state index in [-0.39, 0.29) is 6.04 Å². The molecule has 0 spiro atoms. The zero-order chi connectivity index (χ0) is 14.2. The molecule has 2 rings (SSSR count). The van der Waals surface area contributed by atoms with E-state index in [4.69, 9.17) is 23.2 Å². The molecule has 0 aliphatic heterocycles. The van der Waals surface area contributed by atoms with Crippen molar-refractivity contribution < 1.29 is 5.11 Å². The predicted octanol–water partition coefficient (Wildman–Crippen LogP) is 3.93. The smallest absolute Gasteiger partial charge is 0.0777 e. The van der Waals surface area contributed by atoms with Crippen LogP contribution in [0.25, 0.3) is 0 Å². The highest BCUT2D eigenvalue weighted by Crippen LogP contribution is 2.40. The molecule has 1 aromatic carbocycles. The van der Waals surface area contributed by atoms with Gasteiger partial charge >= 0.3 is 0 Å². The van der Waals surface area contributed by atoms with Crippen molar-refractivity contribution in [3.05, 3.63) is 33.3 Å². The summed E-state index contributed by atoms with van der Waals surface area (Å²) in [6.07, 6.45) is 1.33. The highest BCUT2D eigenvalue weighted by molar-refractivity contribution is 6.35. The van der Waals surface area contributed by atoms with Gasteiger partial charge in [-0.3, -0.25) is 4.90 Å². The van der Waals surface area contributed by atoms with Crippen molar-refractivity contribution in [1.29, 1.82) is 0 Å². The lowest BCUT2D eigenvalue weighted by Crippen LogP contribution is -2.32. The van der Waals surface area contributed by atoms with Crippen LogP contribution in [0.4, 0.5) is 0 Å². The Balaban J connectivity index is 2.24. The first-order valence-electron chi connectivity index (χ1n) is 6.76. The molecule has 2 atom stereocenters. The Morgan fingerprint density at radius 1 is 1.37 bits per heavy atom. The fraction of sp³-hybridized carbons (Fsp3) is 0.600. The highest BCUT2D eigenvalue weighted by Gasteiger charge is 2.35. The summed E-state index contributed by atoms with van der Waals surface area (Å²) in [6.45, 7) is 5.38. The lowest BCUT2D eigenvalue weighted by atomic mass is 10.0. The summed E-state index contributed by atoms with van der Waals surface area (Å²) in [5.74, 6) is 0.656. The molecule has 0 saturated carbocycles. The lowest BCUT2D eigenvalue weighted by Gasteiger charge is -2.28. The van der Waals surface area contributed by atoms with Gasteiger partial charge in [0, 0.05) is 16.5 Å². The molecule has 19 heavy (non-hydrogen) atoms. The van der Waals surface area contributed by atoms with Gasteiger partial charge in [-0.05, 0) is 49.2 Å². The van der Waals surface area contributed by atoms with E-state index in [1.165, 1.54) is 0 Å². The van der Waals surface area contributed by atoms with Gasteiger partial charge in [0.25, 0.3) is 0 Å². The molecule has 106 valence electrons. The topological polar surface area (TPSA) is 23.5 Å². The molecule has 1 aliphatic rings. The van der Waals surface area contributed by atoms with E-state index in [0.29, 0.717) is 22.4 Å². The molecule has 0 saturated heterocycles. The minimum absolute atomic E-state index is 0.00458. The van der Waals surface area contributed by atoms with Crippen molar-refractivity contribution in [2.45, 2.75) is 38.8 Å². The van der Waals surface area contributed by atoms with Gasteiger partial charge in [-0.2, -0.15) is 0 Å². The average molecular weight is 302 g/mol. The summed E-state index contributed by atoms with van der Waals surface area (Å²) in [4.78, 5) is 2.21. The fourth-order valence-corrected chi connectivity index (χ4v) is 3.35. The molecular weight excluding hydrogens is 281 g/mol. The summed E-state index contributed by atoms with van der Waals surface area (Å²) >= 11 is 12.3. The molecule has 1 N–H and O–H groups in total. The third-order valence-corrected chi connectivity index (χ3v) is 4.38. The van der Waals surface area contributed by atoms with E-state index >= 15 is 0 Å². The molecule has 0 aromatic heterocycles. The number of likely N-dealkylation sites (N-methyl/N-ethyl adjacent to an activating group) is 1. The van der Waals surface area contributed by atoms with E-state index in [1.54, 1.807) is 6.07 Å². The number of halogens is 2. The van der Waals surface area contributed by atoms with E-state index < -0.39 is 6.10 Å². The van der Waals surface area contributed by atoms with Crippen molar-refractivity contribution in [1.82, 2.24) is 4.90 Å². The van der Waals surface area contributed by atoms with Crippen LogP contribution in [0.15, 0.2) is 12.1 Å². The normalized spacial score (nSPS) is 22.3. The molecule has 0 fully saturated rings. The van der Waals surface area contributed by atoms with Crippen LogP contribution in [0.5, 0.6) is 0 Å². The highest BCUT2D eigenvalue weighted by atomic mass is 35.5. The van der Waals surface area contributed by atoms with E-state index in [9.17, 15) is 5.11 Å². The van der Waals surface area contributed by atoms with Crippen LogP contribution in [-0.2, 0) is 6.42 Å². The van der Waals surface area contributed by atoms with Crippen molar-refractivity contribution in [2.75, 3.05) is 13.6 Å². The van der Waals surface area contributed by atoms with Crippen molar-refractivity contribution in [3.8, 4) is 0 Å². The lowest BCUT2D eigenvalue weighted by molar-refractivity contribution is 0.0739. The molecule has 0 heterocycles. The van der Waals surface area contributed by atoms with E-state index in [1.807, 2.05) is 6.07 Å². The molecule has 0 radical (unpaired) electrons. The standard InChI is InChI=1S/C15H21Cl2NO/c1-9(2)4-5-18(3)15-12-6-10(16)7-13(17)11(12)8-14(15)19/h6-7,9,14-15,19H,4-5,8H2,1-3H3. The van der Waals surface area contributed by atoms with Crippen LogP contribution in [0.3, 0.4) is 0 Å². The molecule has 1 aromatic rings. The maximum atomic E-state index is 10.3. The SMILES string of the molecule is CC(C)CCN(C)C1c2cc(Cl)cc(Cl)c2CC1O. The quantitative estimate of drug-likeness (QED) is 0.911. The summed E-state index contributed by atoms with van der Waals surface area (Å²) in [5, 5.41) is 11.6. The predicted molar refractivity (Wildman–Crippen MR) is 81.0 cm³/mol. The van der Waals surface area contributed by atoms with Gasteiger partial charge in [-0.15, -0.1) is 0 Å². The zero-order valence-corrected chi connectivity index (χ0v) is 13.2. The number of nitrogens with zero attached hydrogens (tertiary/aromatic N) is 1. The maximum absolute atomic E-state index is 10.3. The Morgan fingerprint density at radius 3 is 2.68 bits per heavy atom. The Kier molecular flexibility index (Phi) is 4.78. The Morgan fingerprint density at radius 2 is 2.05 bits per heavy atom. The third kappa shape index (κ3) is 3.25. The van der Waals surface area contributed by atoms with Gasteiger partial charge in [-0.1, -0.05) is 37.0 Å². The van der Waals surface area contributed by atoms with Gasteiger partial charge < -0.3 is 5.11 Å². The van der Waals surface area contributed by atoms with Crippen molar-refractivity contribution >= 4 is 23.2 Å².